The normalized spacial score (nSPS) is 14.4. The fourth-order valence-electron chi connectivity index (χ4n) is 1.51. The second kappa shape index (κ2) is 6.21. The lowest BCUT2D eigenvalue weighted by molar-refractivity contribution is 0.199. The molecule has 0 heterocycles. The monoisotopic (exact) mass is 321 g/mol. The third-order valence-electron chi connectivity index (χ3n) is 2.85. The van der Waals surface area contributed by atoms with Crippen LogP contribution in [0.4, 0.5) is 0 Å². The second-order valence-corrected chi connectivity index (χ2v) is 9.01. The molecule has 0 aliphatic rings. The van der Waals surface area contributed by atoms with Crippen LogP contribution in [-0.4, -0.2) is 51.8 Å². The van der Waals surface area contributed by atoms with E-state index in [1.165, 1.54) is 31.3 Å². The van der Waals surface area contributed by atoms with E-state index in [-0.39, 0.29) is 17.2 Å². The first kappa shape index (κ1) is 17.1. The van der Waals surface area contributed by atoms with Gasteiger partial charge in [-0.05, 0) is 24.6 Å². The molecule has 0 saturated carbocycles. The molecule has 0 spiro atoms. The fraction of sp³-hybridized carbons (Fsp3) is 0.500. The zero-order valence-electron chi connectivity index (χ0n) is 11.6. The van der Waals surface area contributed by atoms with Crippen LogP contribution in [0.2, 0.25) is 0 Å². The molecule has 114 valence electrons. The minimum absolute atomic E-state index is 0.0675. The van der Waals surface area contributed by atoms with Gasteiger partial charge in [0.05, 0.1) is 16.8 Å². The maximum atomic E-state index is 12.2. The number of sulfonamides is 1. The van der Waals surface area contributed by atoms with Crippen LogP contribution in [0.25, 0.3) is 0 Å². The van der Waals surface area contributed by atoms with Crippen LogP contribution in [0, 0.1) is 0 Å². The standard InChI is InChI=1S/C12H19NO5S2/c1-10(14)11-4-6-12(7-5-11)20(17,18)13(2)8-9-19(3,15)16/h4-7,10,14H,8-9H2,1-3H3. The van der Waals surface area contributed by atoms with Crippen molar-refractivity contribution in [3.63, 3.8) is 0 Å². The van der Waals surface area contributed by atoms with E-state index in [2.05, 4.69) is 0 Å². The summed E-state index contributed by atoms with van der Waals surface area (Å²) in [5.41, 5.74) is 0.614. The van der Waals surface area contributed by atoms with Crippen LogP contribution >= 0.6 is 0 Å². The summed E-state index contributed by atoms with van der Waals surface area (Å²) in [5.74, 6) is -0.228. The molecule has 1 aromatic rings. The van der Waals surface area contributed by atoms with E-state index in [0.29, 0.717) is 5.56 Å². The summed E-state index contributed by atoms with van der Waals surface area (Å²) in [6, 6.07) is 5.85. The van der Waals surface area contributed by atoms with Crippen molar-refractivity contribution in [2.24, 2.45) is 0 Å². The fourth-order valence-corrected chi connectivity index (χ4v) is 3.41. The van der Waals surface area contributed by atoms with Gasteiger partial charge in [-0.1, -0.05) is 12.1 Å². The van der Waals surface area contributed by atoms with Crippen LogP contribution < -0.4 is 0 Å². The third kappa shape index (κ3) is 4.55. The molecule has 6 nitrogen and oxygen atoms in total. The average Bonchev–Trinajstić information content (AvgIpc) is 2.35. The Morgan fingerprint density at radius 2 is 1.65 bits per heavy atom. The average molecular weight is 321 g/mol. The van der Waals surface area contributed by atoms with Crippen molar-refractivity contribution in [1.29, 1.82) is 0 Å². The number of sulfone groups is 1. The molecule has 0 amide bonds. The number of benzene rings is 1. The quantitative estimate of drug-likeness (QED) is 0.819. The summed E-state index contributed by atoms with van der Waals surface area (Å²) in [6.07, 6.45) is 0.389. The van der Waals surface area contributed by atoms with Gasteiger partial charge in [-0.25, -0.2) is 16.8 Å². The van der Waals surface area contributed by atoms with E-state index >= 15 is 0 Å². The molecular weight excluding hydrogens is 302 g/mol. The van der Waals surface area contributed by atoms with E-state index in [1.54, 1.807) is 6.92 Å². The Balaban J connectivity index is 2.92. The van der Waals surface area contributed by atoms with Gasteiger partial charge in [0.25, 0.3) is 0 Å². The van der Waals surface area contributed by atoms with Gasteiger partial charge in [0.1, 0.15) is 9.84 Å². The number of hydrogen-bond donors (Lipinski definition) is 1. The van der Waals surface area contributed by atoms with E-state index in [9.17, 15) is 21.9 Å². The summed E-state index contributed by atoms with van der Waals surface area (Å²) < 4.78 is 47.5. The highest BCUT2D eigenvalue weighted by molar-refractivity contribution is 7.91. The Morgan fingerprint density at radius 3 is 2.05 bits per heavy atom. The molecule has 8 heteroatoms. The lowest BCUT2D eigenvalue weighted by Crippen LogP contribution is -2.31. The molecule has 1 unspecified atom stereocenters. The molecule has 1 N–H and O–H groups in total. The summed E-state index contributed by atoms with van der Waals surface area (Å²) in [5, 5.41) is 9.37. The van der Waals surface area contributed by atoms with Crippen molar-refractivity contribution >= 4 is 19.9 Å². The minimum Gasteiger partial charge on any atom is -0.389 e. The van der Waals surface area contributed by atoms with Gasteiger partial charge in [0.15, 0.2) is 0 Å². The first-order valence-electron chi connectivity index (χ1n) is 5.96. The van der Waals surface area contributed by atoms with Gasteiger partial charge < -0.3 is 5.11 Å². The van der Waals surface area contributed by atoms with Crippen molar-refractivity contribution in [3.8, 4) is 0 Å². The van der Waals surface area contributed by atoms with Gasteiger partial charge in [0, 0.05) is 19.8 Å². The molecular formula is C12H19NO5S2. The van der Waals surface area contributed by atoms with Crippen LogP contribution in [-0.2, 0) is 19.9 Å². The molecule has 20 heavy (non-hydrogen) atoms. The summed E-state index contributed by atoms with van der Waals surface area (Å²) in [7, 11) is -5.60. The Labute approximate surface area is 120 Å². The third-order valence-corrected chi connectivity index (χ3v) is 5.64. The lowest BCUT2D eigenvalue weighted by Gasteiger charge is -2.17. The molecule has 0 saturated heterocycles. The molecule has 1 aromatic carbocycles. The molecule has 0 aliphatic carbocycles. The molecule has 0 aliphatic heterocycles. The number of aliphatic hydroxyl groups excluding tert-OH is 1. The zero-order chi connectivity index (χ0) is 15.6. The lowest BCUT2D eigenvalue weighted by atomic mass is 10.1. The summed E-state index contributed by atoms with van der Waals surface area (Å²) in [4.78, 5) is 0.0675. The predicted molar refractivity (Wildman–Crippen MR) is 76.6 cm³/mol. The van der Waals surface area contributed by atoms with Gasteiger partial charge >= 0.3 is 0 Å². The molecule has 1 rings (SSSR count). The van der Waals surface area contributed by atoms with Crippen LogP contribution in [0.15, 0.2) is 29.2 Å². The van der Waals surface area contributed by atoms with Crippen molar-refractivity contribution in [2.45, 2.75) is 17.9 Å². The van der Waals surface area contributed by atoms with Crippen LogP contribution in [0.1, 0.15) is 18.6 Å². The highest BCUT2D eigenvalue weighted by Gasteiger charge is 2.21. The smallest absolute Gasteiger partial charge is 0.242 e. The van der Waals surface area contributed by atoms with Crippen molar-refractivity contribution in [1.82, 2.24) is 4.31 Å². The molecule has 1 atom stereocenters. The molecule has 0 radical (unpaired) electrons. The van der Waals surface area contributed by atoms with E-state index in [0.717, 1.165) is 10.6 Å². The van der Waals surface area contributed by atoms with Crippen molar-refractivity contribution < 1.29 is 21.9 Å². The van der Waals surface area contributed by atoms with E-state index < -0.39 is 26.0 Å². The van der Waals surface area contributed by atoms with Gasteiger partial charge in [-0.3, -0.25) is 0 Å². The maximum Gasteiger partial charge on any atom is 0.242 e. The molecule has 0 fully saturated rings. The number of hydrogen-bond acceptors (Lipinski definition) is 5. The van der Waals surface area contributed by atoms with Crippen molar-refractivity contribution in [2.75, 3.05) is 25.6 Å². The van der Waals surface area contributed by atoms with Crippen LogP contribution in [0.3, 0.4) is 0 Å². The first-order chi connectivity index (χ1) is 9.04. The Kier molecular flexibility index (Phi) is 5.31. The van der Waals surface area contributed by atoms with Gasteiger partial charge in [-0.2, -0.15) is 4.31 Å². The van der Waals surface area contributed by atoms with Gasteiger partial charge in [-0.15, -0.1) is 0 Å². The Hall–Kier alpha value is -0.960. The highest BCUT2D eigenvalue weighted by Crippen LogP contribution is 2.18. The van der Waals surface area contributed by atoms with E-state index in [1.807, 2.05) is 0 Å². The predicted octanol–water partition coefficient (Wildman–Crippen LogP) is 0.405. The number of nitrogens with zero attached hydrogens (tertiary/aromatic N) is 1. The highest BCUT2D eigenvalue weighted by atomic mass is 32.2. The Morgan fingerprint density at radius 1 is 1.15 bits per heavy atom. The number of aliphatic hydroxyl groups is 1. The number of rotatable bonds is 6. The van der Waals surface area contributed by atoms with Crippen LogP contribution in [0.5, 0.6) is 0 Å². The molecule has 0 aromatic heterocycles. The van der Waals surface area contributed by atoms with Gasteiger partial charge in [0.2, 0.25) is 10.0 Å². The van der Waals surface area contributed by atoms with Crippen molar-refractivity contribution in [3.05, 3.63) is 29.8 Å². The second-order valence-electron chi connectivity index (χ2n) is 4.70. The maximum absolute atomic E-state index is 12.2. The Bertz CT molecular complexity index is 648. The zero-order valence-corrected chi connectivity index (χ0v) is 13.3. The topological polar surface area (TPSA) is 91.8 Å². The molecule has 0 bridgehead atoms. The first-order valence-corrected chi connectivity index (χ1v) is 9.46. The van der Waals surface area contributed by atoms with E-state index in [4.69, 9.17) is 0 Å². The largest absolute Gasteiger partial charge is 0.389 e. The minimum atomic E-state index is -3.72. The summed E-state index contributed by atoms with van der Waals surface area (Å²) in [6.45, 7) is 1.49. The summed E-state index contributed by atoms with van der Waals surface area (Å²) >= 11 is 0. The SMILES string of the molecule is CC(O)c1ccc(S(=O)(=O)N(C)CCS(C)(=O)=O)cc1.